The van der Waals surface area contributed by atoms with Crippen LogP contribution in [0.4, 0.5) is 16.0 Å². The number of sulfonamides is 1. The lowest BCUT2D eigenvalue weighted by atomic mass is 10.2. The molecule has 2 saturated heterocycles. The fourth-order valence-corrected chi connectivity index (χ4v) is 5.52. The van der Waals surface area contributed by atoms with Crippen LogP contribution < -0.4 is 9.80 Å². The third-order valence-corrected chi connectivity index (χ3v) is 7.68. The number of likely N-dealkylation sites (N-methyl/N-ethyl adjacent to an activating group) is 1. The molecule has 0 N–H and O–H groups in total. The standard InChI is InChI=1S/C21H29FN6O2S/c1-17-23-20(26-8-6-25(2)7-9-26)15-21(24-17)27-10-12-28(13-11-27)31(29,30)16-18-4-3-5-19(22)14-18/h3-5,14-15H,6-13,16H2,1-2H3. The molecular formula is C21H29FN6O2S. The monoisotopic (exact) mass is 448 g/mol. The second kappa shape index (κ2) is 9.05. The van der Waals surface area contributed by atoms with Gasteiger partial charge in [-0.1, -0.05) is 12.1 Å². The van der Waals surface area contributed by atoms with E-state index in [0.717, 1.165) is 37.8 Å². The molecule has 1 aromatic carbocycles. The van der Waals surface area contributed by atoms with Crippen LogP contribution in [0, 0.1) is 12.7 Å². The first-order chi connectivity index (χ1) is 14.8. The summed E-state index contributed by atoms with van der Waals surface area (Å²) in [6.45, 7) is 7.62. The second-order valence-corrected chi connectivity index (χ2v) is 10.2. The van der Waals surface area contributed by atoms with Gasteiger partial charge in [0.25, 0.3) is 0 Å². The van der Waals surface area contributed by atoms with E-state index in [4.69, 9.17) is 0 Å². The zero-order chi connectivity index (χ0) is 22.0. The van der Waals surface area contributed by atoms with Crippen molar-refractivity contribution < 1.29 is 12.8 Å². The van der Waals surface area contributed by atoms with Gasteiger partial charge in [0, 0.05) is 58.4 Å². The summed E-state index contributed by atoms with van der Waals surface area (Å²) in [5.41, 5.74) is 0.464. The number of aromatic nitrogens is 2. The predicted molar refractivity (Wildman–Crippen MR) is 119 cm³/mol. The van der Waals surface area contributed by atoms with Gasteiger partial charge in [-0.15, -0.1) is 0 Å². The first-order valence-electron chi connectivity index (χ1n) is 10.6. The molecule has 8 nitrogen and oxygen atoms in total. The van der Waals surface area contributed by atoms with E-state index in [-0.39, 0.29) is 5.75 Å². The van der Waals surface area contributed by atoms with Crippen molar-refractivity contribution in [2.24, 2.45) is 0 Å². The summed E-state index contributed by atoms with van der Waals surface area (Å²) in [7, 11) is -1.38. The Kier molecular flexibility index (Phi) is 6.40. The van der Waals surface area contributed by atoms with E-state index in [2.05, 4.69) is 31.7 Å². The molecule has 31 heavy (non-hydrogen) atoms. The minimum absolute atomic E-state index is 0.190. The molecule has 168 valence electrons. The number of benzene rings is 1. The van der Waals surface area contributed by atoms with Gasteiger partial charge in [-0.3, -0.25) is 0 Å². The minimum Gasteiger partial charge on any atom is -0.354 e. The van der Waals surface area contributed by atoms with E-state index in [1.807, 2.05) is 13.0 Å². The van der Waals surface area contributed by atoms with Crippen molar-refractivity contribution >= 4 is 21.7 Å². The lowest BCUT2D eigenvalue weighted by Gasteiger charge is -2.36. The van der Waals surface area contributed by atoms with Crippen molar-refractivity contribution in [1.82, 2.24) is 19.2 Å². The van der Waals surface area contributed by atoms with Crippen LogP contribution in [-0.2, 0) is 15.8 Å². The molecule has 2 aliphatic heterocycles. The molecule has 4 rings (SSSR count). The fraction of sp³-hybridized carbons (Fsp3) is 0.524. The van der Waals surface area contributed by atoms with E-state index in [1.165, 1.54) is 22.5 Å². The van der Waals surface area contributed by atoms with E-state index in [1.54, 1.807) is 6.07 Å². The Labute approximate surface area is 183 Å². The molecule has 0 radical (unpaired) electrons. The third kappa shape index (κ3) is 5.31. The van der Waals surface area contributed by atoms with Gasteiger partial charge in [-0.05, 0) is 31.7 Å². The Morgan fingerprint density at radius 2 is 1.48 bits per heavy atom. The van der Waals surface area contributed by atoms with Gasteiger partial charge in [-0.25, -0.2) is 22.8 Å². The number of nitrogens with zero attached hydrogens (tertiary/aromatic N) is 6. The van der Waals surface area contributed by atoms with E-state index < -0.39 is 15.8 Å². The van der Waals surface area contributed by atoms with Gasteiger partial charge in [0.1, 0.15) is 23.3 Å². The quantitative estimate of drug-likeness (QED) is 0.683. The average Bonchev–Trinajstić information content (AvgIpc) is 2.73. The van der Waals surface area contributed by atoms with Crippen molar-refractivity contribution in [3.63, 3.8) is 0 Å². The summed E-state index contributed by atoms with van der Waals surface area (Å²) in [5.74, 6) is 1.87. The lowest BCUT2D eigenvalue weighted by molar-refractivity contribution is 0.312. The van der Waals surface area contributed by atoms with E-state index >= 15 is 0 Å². The SMILES string of the molecule is Cc1nc(N2CCN(C)CC2)cc(N2CCN(S(=O)(=O)Cc3cccc(F)c3)CC2)n1. The van der Waals surface area contributed by atoms with Crippen molar-refractivity contribution in [1.29, 1.82) is 0 Å². The highest BCUT2D eigenvalue weighted by molar-refractivity contribution is 7.88. The Bertz CT molecular complexity index is 1020. The van der Waals surface area contributed by atoms with Crippen molar-refractivity contribution in [3.8, 4) is 0 Å². The summed E-state index contributed by atoms with van der Waals surface area (Å²) in [6.07, 6.45) is 0. The topological polar surface area (TPSA) is 72.9 Å². The number of hydrogen-bond acceptors (Lipinski definition) is 7. The van der Waals surface area contributed by atoms with Crippen LogP contribution in [0.3, 0.4) is 0 Å². The zero-order valence-electron chi connectivity index (χ0n) is 18.0. The molecule has 3 heterocycles. The minimum atomic E-state index is -3.50. The van der Waals surface area contributed by atoms with Gasteiger partial charge in [0.05, 0.1) is 5.75 Å². The molecule has 2 aliphatic rings. The molecule has 0 aliphatic carbocycles. The van der Waals surface area contributed by atoms with Crippen LogP contribution in [0.25, 0.3) is 0 Å². The van der Waals surface area contributed by atoms with Crippen LogP contribution in [0.15, 0.2) is 30.3 Å². The number of anilines is 2. The van der Waals surface area contributed by atoms with Gasteiger partial charge >= 0.3 is 0 Å². The molecule has 0 spiro atoms. The largest absolute Gasteiger partial charge is 0.354 e. The van der Waals surface area contributed by atoms with Crippen LogP contribution >= 0.6 is 0 Å². The van der Waals surface area contributed by atoms with Gasteiger partial charge in [0.2, 0.25) is 10.0 Å². The maximum Gasteiger partial charge on any atom is 0.218 e. The Balaban J connectivity index is 1.41. The van der Waals surface area contributed by atoms with E-state index in [0.29, 0.717) is 37.6 Å². The zero-order valence-corrected chi connectivity index (χ0v) is 18.9. The van der Waals surface area contributed by atoms with Crippen LogP contribution in [0.5, 0.6) is 0 Å². The van der Waals surface area contributed by atoms with Crippen molar-refractivity contribution in [2.75, 3.05) is 69.2 Å². The normalized spacial score (nSPS) is 19.1. The Hall–Kier alpha value is -2.30. The van der Waals surface area contributed by atoms with Crippen molar-refractivity contribution in [2.45, 2.75) is 12.7 Å². The summed E-state index contributed by atoms with van der Waals surface area (Å²) < 4.78 is 40.5. The van der Waals surface area contributed by atoms with Gasteiger partial charge < -0.3 is 14.7 Å². The second-order valence-electron chi connectivity index (χ2n) is 8.19. The number of rotatable bonds is 5. The fourth-order valence-electron chi connectivity index (χ4n) is 4.02. The number of piperazine rings is 2. The maximum absolute atomic E-state index is 13.4. The number of hydrogen-bond donors (Lipinski definition) is 0. The smallest absolute Gasteiger partial charge is 0.218 e. The molecule has 2 aromatic rings. The van der Waals surface area contributed by atoms with Gasteiger partial charge in [0.15, 0.2) is 0 Å². The van der Waals surface area contributed by atoms with E-state index in [9.17, 15) is 12.8 Å². The number of aryl methyl sites for hydroxylation is 1. The molecule has 2 fully saturated rings. The molecule has 0 atom stereocenters. The Morgan fingerprint density at radius 3 is 2.06 bits per heavy atom. The lowest BCUT2D eigenvalue weighted by Crippen LogP contribution is -2.49. The molecule has 1 aromatic heterocycles. The van der Waals surface area contributed by atoms with Crippen LogP contribution in [-0.4, -0.2) is 87.0 Å². The van der Waals surface area contributed by atoms with Crippen LogP contribution in [0.1, 0.15) is 11.4 Å². The number of halogens is 1. The summed E-state index contributed by atoms with van der Waals surface area (Å²) in [5, 5.41) is 0. The molecule has 10 heteroatoms. The molecule has 0 unspecified atom stereocenters. The molecule has 0 bridgehead atoms. The Morgan fingerprint density at radius 1 is 0.903 bits per heavy atom. The third-order valence-electron chi connectivity index (χ3n) is 5.83. The maximum atomic E-state index is 13.4. The highest BCUT2D eigenvalue weighted by atomic mass is 32.2. The molecular weight excluding hydrogens is 419 g/mol. The first-order valence-corrected chi connectivity index (χ1v) is 12.2. The van der Waals surface area contributed by atoms with Gasteiger partial charge in [-0.2, -0.15) is 4.31 Å². The first kappa shape index (κ1) is 21.9. The predicted octanol–water partition coefficient (Wildman–Crippen LogP) is 1.33. The van der Waals surface area contributed by atoms with Crippen LogP contribution in [0.2, 0.25) is 0 Å². The molecule has 0 amide bonds. The average molecular weight is 449 g/mol. The molecule has 0 saturated carbocycles. The summed E-state index contributed by atoms with van der Waals surface area (Å²) in [4.78, 5) is 15.9. The van der Waals surface area contributed by atoms with Crippen molar-refractivity contribution in [3.05, 3.63) is 47.5 Å². The highest BCUT2D eigenvalue weighted by Crippen LogP contribution is 2.23. The summed E-state index contributed by atoms with van der Waals surface area (Å²) in [6, 6.07) is 7.77. The highest BCUT2D eigenvalue weighted by Gasteiger charge is 2.28. The summed E-state index contributed by atoms with van der Waals surface area (Å²) >= 11 is 0.